The molecule has 6 nitrogen and oxygen atoms in total. The molecule has 1 fully saturated rings. The zero-order valence-electron chi connectivity index (χ0n) is 12.7. The van der Waals surface area contributed by atoms with Crippen LogP contribution in [0.15, 0.2) is 46.2 Å². The molecule has 1 atom stereocenters. The largest absolute Gasteiger partial charge is 0.346 e. The lowest BCUT2D eigenvalue weighted by atomic mass is 10.3. The number of aliphatic imine (C=N–C) groups is 1. The molecule has 1 aliphatic heterocycles. The SMILES string of the molecule is ClC1=C(Nc2cc(C3CC3)[nH]n2)NC(Nc2ccccc2Cl)N=C1. The molecule has 1 aliphatic carbocycles. The van der Waals surface area contributed by atoms with E-state index < -0.39 is 0 Å². The predicted octanol–water partition coefficient (Wildman–Crippen LogP) is 3.83. The summed E-state index contributed by atoms with van der Waals surface area (Å²) in [5.74, 6) is 1.99. The van der Waals surface area contributed by atoms with Gasteiger partial charge in [-0.05, 0) is 25.0 Å². The summed E-state index contributed by atoms with van der Waals surface area (Å²) in [5.41, 5.74) is 1.95. The summed E-state index contributed by atoms with van der Waals surface area (Å²) in [6, 6.07) is 9.51. The summed E-state index contributed by atoms with van der Waals surface area (Å²) in [5, 5.41) is 18.1. The Morgan fingerprint density at radius 2 is 2.00 bits per heavy atom. The van der Waals surface area contributed by atoms with Gasteiger partial charge in [-0.15, -0.1) is 0 Å². The van der Waals surface area contributed by atoms with Crippen molar-refractivity contribution in [3.63, 3.8) is 0 Å². The molecule has 0 radical (unpaired) electrons. The fraction of sp³-hybridized carbons (Fsp3) is 0.250. The van der Waals surface area contributed by atoms with Crippen molar-refractivity contribution in [3.05, 3.63) is 51.9 Å². The van der Waals surface area contributed by atoms with Crippen LogP contribution in [0.5, 0.6) is 0 Å². The fourth-order valence-electron chi connectivity index (χ4n) is 2.47. The molecule has 1 unspecified atom stereocenters. The fourth-order valence-corrected chi connectivity index (χ4v) is 2.82. The summed E-state index contributed by atoms with van der Waals surface area (Å²) in [4.78, 5) is 4.32. The molecule has 0 spiro atoms. The van der Waals surface area contributed by atoms with E-state index in [0.717, 1.165) is 17.2 Å². The maximum atomic E-state index is 6.23. The summed E-state index contributed by atoms with van der Waals surface area (Å²) < 4.78 is 0. The first-order chi connectivity index (χ1) is 11.7. The van der Waals surface area contributed by atoms with E-state index in [2.05, 4.69) is 31.1 Å². The van der Waals surface area contributed by atoms with Gasteiger partial charge < -0.3 is 16.0 Å². The number of rotatable bonds is 5. The second-order valence-corrected chi connectivity index (χ2v) is 6.59. The van der Waals surface area contributed by atoms with Crippen LogP contribution in [0.25, 0.3) is 0 Å². The summed E-state index contributed by atoms with van der Waals surface area (Å²) in [6.07, 6.45) is 3.67. The van der Waals surface area contributed by atoms with Gasteiger partial charge in [0.1, 0.15) is 5.82 Å². The molecule has 0 saturated heterocycles. The van der Waals surface area contributed by atoms with Crippen LogP contribution in [-0.2, 0) is 0 Å². The van der Waals surface area contributed by atoms with Crippen LogP contribution in [0.4, 0.5) is 11.5 Å². The predicted molar refractivity (Wildman–Crippen MR) is 97.6 cm³/mol. The number of para-hydroxylation sites is 1. The molecule has 2 aromatic rings. The van der Waals surface area contributed by atoms with Gasteiger partial charge in [0, 0.05) is 23.9 Å². The first-order valence-electron chi connectivity index (χ1n) is 7.72. The van der Waals surface area contributed by atoms with Gasteiger partial charge in [0.15, 0.2) is 12.1 Å². The molecule has 24 heavy (non-hydrogen) atoms. The van der Waals surface area contributed by atoms with Crippen molar-refractivity contribution in [2.24, 2.45) is 4.99 Å². The Kier molecular flexibility index (Phi) is 4.08. The highest BCUT2D eigenvalue weighted by atomic mass is 35.5. The number of benzene rings is 1. The number of nitrogens with one attached hydrogen (secondary N) is 4. The first kappa shape index (κ1) is 15.4. The number of hydrogen-bond acceptors (Lipinski definition) is 5. The highest BCUT2D eigenvalue weighted by Gasteiger charge is 2.26. The van der Waals surface area contributed by atoms with Gasteiger partial charge in [-0.3, -0.25) is 5.10 Å². The van der Waals surface area contributed by atoms with Crippen molar-refractivity contribution < 1.29 is 0 Å². The topological polar surface area (TPSA) is 77.1 Å². The Morgan fingerprint density at radius 3 is 2.79 bits per heavy atom. The highest BCUT2D eigenvalue weighted by molar-refractivity contribution is 6.40. The Balaban J connectivity index is 1.44. The maximum absolute atomic E-state index is 6.23. The van der Waals surface area contributed by atoms with E-state index in [-0.39, 0.29) is 6.29 Å². The molecule has 4 rings (SSSR count). The third-order valence-electron chi connectivity index (χ3n) is 3.89. The number of nitrogens with zero attached hydrogens (tertiary/aromatic N) is 2. The summed E-state index contributed by atoms with van der Waals surface area (Å²) >= 11 is 12.4. The van der Waals surface area contributed by atoms with Gasteiger partial charge >= 0.3 is 0 Å². The van der Waals surface area contributed by atoms with Gasteiger partial charge in [-0.25, -0.2) is 4.99 Å². The summed E-state index contributed by atoms with van der Waals surface area (Å²) in [6.45, 7) is 0. The monoisotopic (exact) mass is 362 g/mol. The number of aromatic nitrogens is 2. The van der Waals surface area contributed by atoms with Crippen molar-refractivity contribution >= 4 is 40.9 Å². The molecule has 124 valence electrons. The number of H-pyrrole nitrogens is 1. The van der Waals surface area contributed by atoms with E-state index in [1.165, 1.54) is 12.8 Å². The minimum Gasteiger partial charge on any atom is -0.346 e. The van der Waals surface area contributed by atoms with Crippen molar-refractivity contribution in [3.8, 4) is 0 Å². The average molecular weight is 363 g/mol. The lowest BCUT2D eigenvalue weighted by molar-refractivity contribution is 0.653. The third-order valence-corrected chi connectivity index (χ3v) is 4.51. The molecule has 2 aliphatic rings. The standard InChI is InChI=1S/C16H16Cl2N6/c17-10-3-1-2-4-12(10)20-16-19-8-11(18)15(22-16)21-14-7-13(23-24-14)9-5-6-9/h1-4,7-9,16,20,22H,5-6H2,(H2,21,23,24). The molecule has 0 bridgehead atoms. The molecule has 1 saturated carbocycles. The van der Waals surface area contributed by atoms with Gasteiger partial charge in [0.25, 0.3) is 0 Å². The number of halogens is 2. The van der Waals surface area contributed by atoms with Gasteiger partial charge in [0.2, 0.25) is 0 Å². The van der Waals surface area contributed by atoms with Crippen LogP contribution < -0.4 is 16.0 Å². The molecular weight excluding hydrogens is 347 g/mol. The van der Waals surface area contributed by atoms with Crippen molar-refractivity contribution in [2.75, 3.05) is 10.6 Å². The van der Waals surface area contributed by atoms with Crippen molar-refractivity contribution in [2.45, 2.75) is 25.0 Å². The quantitative estimate of drug-likeness (QED) is 0.651. The molecule has 2 heterocycles. The highest BCUT2D eigenvalue weighted by Crippen LogP contribution is 2.39. The van der Waals surface area contributed by atoms with Gasteiger partial charge in [-0.1, -0.05) is 35.3 Å². The second-order valence-electron chi connectivity index (χ2n) is 5.78. The normalized spacial score (nSPS) is 20.0. The van der Waals surface area contributed by atoms with E-state index in [0.29, 0.717) is 21.8 Å². The van der Waals surface area contributed by atoms with Crippen LogP contribution >= 0.6 is 23.2 Å². The van der Waals surface area contributed by atoms with E-state index in [4.69, 9.17) is 23.2 Å². The second kappa shape index (κ2) is 6.37. The van der Waals surface area contributed by atoms with Gasteiger partial charge in [-0.2, -0.15) is 5.10 Å². The number of hydrogen-bond donors (Lipinski definition) is 4. The zero-order chi connectivity index (χ0) is 16.5. The molecule has 0 amide bonds. The van der Waals surface area contributed by atoms with E-state index in [9.17, 15) is 0 Å². The third kappa shape index (κ3) is 3.34. The van der Waals surface area contributed by atoms with Crippen LogP contribution in [-0.4, -0.2) is 22.7 Å². The molecular formula is C16H16Cl2N6. The smallest absolute Gasteiger partial charge is 0.195 e. The molecule has 8 heteroatoms. The lowest BCUT2D eigenvalue weighted by Crippen LogP contribution is -2.39. The van der Waals surface area contributed by atoms with Crippen LogP contribution in [0.3, 0.4) is 0 Å². The molecule has 4 N–H and O–H groups in total. The van der Waals surface area contributed by atoms with Gasteiger partial charge in [0.05, 0.1) is 15.7 Å². The minimum atomic E-state index is -0.378. The van der Waals surface area contributed by atoms with E-state index >= 15 is 0 Å². The van der Waals surface area contributed by atoms with Crippen molar-refractivity contribution in [1.82, 2.24) is 15.5 Å². The van der Waals surface area contributed by atoms with E-state index in [1.807, 2.05) is 30.3 Å². The van der Waals surface area contributed by atoms with Crippen LogP contribution in [0.1, 0.15) is 24.5 Å². The Morgan fingerprint density at radius 1 is 1.17 bits per heavy atom. The maximum Gasteiger partial charge on any atom is 0.195 e. The Bertz CT molecular complexity index is 808. The zero-order valence-corrected chi connectivity index (χ0v) is 14.2. The minimum absolute atomic E-state index is 0.378. The average Bonchev–Trinajstić information content (AvgIpc) is 3.33. The van der Waals surface area contributed by atoms with Crippen molar-refractivity contribution in [1.29, 1.82) is 0 Å². The Hall–Kier alpha value is -2.18. The first-order valence-corrected chi connectivity index (χ1v) is 8.47. The number of anilines is 2. The number of aromatic amines is 1. The van der Waals surface area contributed by atoms with E-state index in [1.54, 1.807) is 6.21 Å². The lowest BCUT2D eigenvalue weighted by Gasteiger charge is -2.24. The Labute approximate surface area is 149 Å². The molecule has 1 aromatic heterocycles. The number of allylic oxidation sites excluding steroid dienone is 1. The summed E-state index contributed by atoms with van der Waals surface area (Å²) in [7, 11) is 0. The van der Waals surface area contributed by atoms with Crippen LogP contribution in [0.2, 0.25) is 5.02 Å². The molecule has 1 aromatic carbocycles. The van der Waals surface area contributed by atoms with Crippen LogP contribution in [0, 0.1) is 0 Å².